The van der Waals surface area contributed by atoms with Gasteiger partial charge in [-0.25, -0.2) is 3.97 Å². The van der Waals surface area contributed by atoms with Gasteiger partial charge in [-0.05, 0) is 55.3 Å². The summed E-state index contributed by atoms with van der Waals surface area (Å²) >= 11 is 0. The lowest BCUT2D eigenvalue weighted by atomic mass is 10.00. The van der Waals surface area contributed by atoms with Gasteiger partial charge in [0.25, 0.3) is 0 Å². The molecule has 2 heterocycles. The maximum absolute atomic E-state index is 13.3. The maximum Gasteiger partial charge on any atom is 0.364 e. The Kier molecular flexibility index (Phi) is 3.71. The van der Waals surface area contributed by atoms with Crippen molar-refractivity contribution in [3.05, 3.63) is 80.1 Å². The molecule has 0 radical (unpaired) electrons. The Balaban J connectivity index is 2.17. The van der Waals surface area contributed by atoms with Gasteiger partial charge in [0.2, 0.25) is 0 Å². The van der Waals surface area contributed by atoms with Crippen LogP contribution in [0.3, 0.4) is 0 Å². The molecule has 5 aromatic rings. The summed E-state index contributed by atoms with van der Waals surface area (Å²) in [5.41, 5.74) is 1.70. The minimum absolute atomic E-state index is 0.00865. The van der Waals surface area contributed by atoms with Crippen molar-refractivity contribution in [1.82, 2.24) is 8.96 Å². The molecule has 0 saturated carbocycles. The highest BCUT2D eigenvalue weighted by atomic mass is 32.2. The number of para-hydroxylation sites is 1. The summed E-state index contributed by atoms with van der Waals surface area (Å²) in [5.74, 6) is 0. The third-order valence-corrected chi connectivity index (χ3v) is 6.35. The molecule has 2 N–H and O–H groups in total. The number of hydrogen-bond acceptors (Lipinski definition) is 4. The Bertz CT molecular complexity index is 1780. The smallest absolute Gasteiger partial charge is 0.354 e. The van der Waals surface area contributed by atoms with E-state index in [4.69, 9.17) is 0 Å². The second-order valence-electron chi connectivity index (χ2n) is 7.41. The van der Waals surface area contributed by atoms with Crippen molar-refractivity contribution in [3.63, 3.8) is 0 Å². The van der Waals surface area contributed by atoms with Crippen molar-refractivity contribution in [1.29, 1.82) is 0 Å². The predicted octanol–water partition coefficient (Wildman–Crippen LogP) is 3.42. The maximum atomic E-state index is 13.3. The topological polar surface area (TPSA) is 109 Å². The molecule has 0 aliphatic heterocycles. The number of benzene rings is 3. The van der Waals surface area contributed by atoms with Crippen LogP contribution in [0, 0.1) is 13.8 Å². The molecule has 0 bridgehead atoms. The lowest BCUT2D eigenvalue weighted by Gasteiger charge is -2.16. The van der Waals surface area contributed by atoms with Crippen LogP contribution in [0.2, 0.25) is 0 Å². The normalized spacial score (nSPS) is 12.4. The number of nitrogens with zero attached hydrogens (tertiary/aromatic N) is 1. The van der Waals surface area contributed by atoms with E-state index in [2.05, 4.69) is 4.98 Å². The average Bonchev–Trinajstić information content (AvgIpc) is 2.68. The molecule has 3 aromatic carbocycles. The van der Waals surface area contributed by atoms with Crippen LogP contribution in [0.5, 0.6) is 0 Å². The van der Waals surface area contributed by atoms with E-state index < -0.39 is 10.3 Å². The Morgan fingerprint density at radius 3 is 2.33 bits per heavy atom. The molecular formula is C22H16N2O5S. The number of aryl methyl sites for hydroxylation is 2. The van der Waals surface area contributed by atoms with Gasteiger partial charge in [-0.1, -0.05) is 18.2 Å². The van der Waals surface area contributed by atoms with Crippen molar-refractivity contribution in [2.24, 2.45) is 0 Å². The summed E-state index contributed by atoms with van der Waals surface area (Å²) in [5, 5.41) is 0.974. The zero-order chi connectivity index (χ0) is 21.4. The summed E-state index contributed by atoms with van der Waals surface area (Å²) in [4.78, 5) is 29.6. The van der Waals surface area contributed by atoms with Gasteiger partial charge in [-0.15, -0.1) is 0 Å². The molecule has 5 rings (SSSR count). The molecule has 0 atom stereocenters. The highest BCUT2D eigenvalue weighted by Gasteiger charge is 2.22. The molecular weight excluding hydrogens is 404 g/mol. The van der Waals surface area contributed by atoms with Gasteiger partial charge in [0.15, 0.2) is 10.9 Å². The number of H-pyrrole nitrogens is 1. The molecule has 0 spiro atoms. The monoisotopic (exact) mass is 420 g/mol. The predicted molar refractivity (Wildman–Crippen MR) is 118 cm³/mol. The molecule has 150 valence electrons. The number of hydrogen-bond donors (Lipinski definition) is 2. The first-order chi connectivity index (χ1) is 14.2. The minimum atomic E-state index is -4.76. The van der Waals surface area contributed by atoms with E-state index in [-0.39, 0.29) is 38.0 Å². The van der Waals surface area contributed by atoms with Crippen LogP contribution in [0.1, 0.15) is 11.1 Å². The molecule has 0 aliphatic rings. The highest BCUT2D eigenvalue weighted by Crippen LogP contribution is 2.29. The van der Waals surface area contributed by atoms with Crippen LogP contribution in [-0.2, 0) is 10.3 Å². The summed E-state index contributed by atoms with van der Waals surface area (Å²) in [6.07, 6.45) is 0. The van der Waals surface area contributed by atoms with Crippen molar-refractivity contribution in [2.45, 2.75) is 13.8 Å². The summed E-state index contributed by atoms with van der Waals surface area (Å²) in [6.45, 7) is 3.49. The van der Waals surface area contributed by atoms with E-state index in [0.717, 1.165) is 9.54 Å². The fourth-order valence-electron chi connectivity index (χ4n) is 4.22. The first kappa shape index (κ1) is 18.5. The van der Waals surface area contributed by atoms with Crippen LogP contribution < -0.4 is 10.9 Å². The third kappa shape index (κ3) is 2.44. The van der Waals surface area contributed by atoms with Gasteiger partial charge >= 0.3 is 10.3 Å². The lowest BCUT2D eigenvalue weighted by Crippen LogP contribution is -2.20. The van der Waals surface area contributed by atoms with Crippen LogP contribution >= 0.6 is 0 Å². The molecule has 0 saturated heterocycles. The Morgan fingerprint density at radius 1 is 0.867 bits per heavy atom. The Labute approximate surface area is 170 Å². The van der Waals surface area contributed by atoms with Crippen LogP contribution in [0.15, 0.2) is 58.1 Å². The van der Waals surface area contributed by atoms with Gasteiger partial charge < -0.3 is 4.98 Å². The van der Waals surface area contributed by atoms with Crippen molar-refractivity contribution < 1.29 is 13.0 Å². The number of fused-ring (bicyclic) bond motifs is 4. The summed E-state index contributed by atoms with van der Waals surface area (Å²) in [6, 6.07) is 13.0. The number of rotatable bonds is 1. The van der Waals surface area contributed by atoms with Gasteiger partial charge in [0.1, 0.15) is 0 Å². The number of pyridine rings is 2. The fourth-order valence-corrected chi connectivity index (χ4v) is 5.09. The van der Waals surface area contributed by atoms with Gasteiger partial charge in [0, 0.05) is 21.7 Å². The number of aromatic amines is 1. The Morgan fingerprint density at radius 2 is 1.60 bits per heavy atom. The van der Waals surface area contributed by atoms with Crippen molar-refractivity contribution in [3.8, 4) is 0 Å². The Hall–Kier alpha value is -3.49. The van der Waals surface area contributed by atoms with Crippen LogP contribution in [0.4, 0.5) is 0 Å². The van der Waals surface area contributed by atoms with E-state index in [1.54, 1.807) is 25.1 Å². The quantitative estimate of drug-likeness (QED) is 0.319. The molecule has 2 aromatic heterocycles. The first-order valence-electron chi connectivity index (χ1n) is 9.20. The lowest BCUT2D eigenvalue weighted by molar-refractivity contribution is 0.476. The summed E-state index contributed by atoms with van der Waals surface area (Å²) in [7, 11) is -4.76. The van der Waals surface area contributed by atoms with Gasteiger partial charge in [-0.2, -0.15) is 8.42 Å². The van der Waals surface area contributed by atoms with Gasteiger partial charge in [0.05, 0.1) is 21.9 Å². The van der Waals surface area contributed by atoms with Crippen LogP contribution in [0.25, 0.3) is 43.6 Å². The first-order valence-corrected chi connectivity index (χ1v) is 10.6. The average molecular weight is 420 g/mol. The molecule has 30 heavy (non-hydrogen) atoms. The summed E-state index contributed by atoms with van der Waals surface area (Å²) < 4.78 is 35.4. The zero-order valence-corrected chi connectivity index (χ0v) is 16.9. The number of aromatic nitrogens is 2. The van der Waals surface area contributed by atoms with E-state index in [1.807, 2.05) is 19.1 Å². The molecule has 0 unspecified atom stereocenters. The van der Waals surface area contributed by atoms with Crippen molar-refractivity contribution >= 4 is 53.9 Å². The molecule has 7 nitrogen and oxygen atoms in total. The van der Waals surface area contributed by atoms with E-state index in [1.165, 1.54) is 18.2 Å². The molecule has 0 amide bonds. The number of nitrogens with one attached hydrogen (secondary N) is 1. The van der Waals surface area contributed by atoms with E-state index >= 15 is 0 Å². The standard InChI is InChI=1S/C22H16N2O5S/c1-11-7-8-13-16(9-11)23-17-10-15-20(12(2)19(17)22(13)26)24(30(27,28)29)18-6-4-3-5-14(18)21(15)25/h3-10H,1-2H3,(H,23,26)(H,27,28,29). The second-order valence-corrected chi connectivity index (χ2v) is 8.67. The van der Waals surface area contributed by atoms with Gasteiger partial charge in [-0.3, -0.25) is 14.1 Å². The second kappa shape index (κ2) is 6.01. The molecule has 0 fully saturated rings. The highest BCUT2D eigenvalue weighted by molar-refractivity contribution is 7.84. The third-order valence-electron chi connectivity index (χ3n) is 5.51. The SMILES string of the molecule is Cc1ccc2c(=O)c3c(C)c4c(cc3[nH]c2c1)c(=O)c1ccccc1n4S(=O)(=O)O. The fraction of sp³-hybridized carbons (Fsp3) is 0.0909. The van der Waals surface area contributed by atoms with E-state index in [9.17, 15) is 22.6 Å². The molecule has 0 aliphatic carbocycles. The van der Waals surface area contributed by atoms with Crippen LogP contribution in [-0.4, -0.2) is 21.9 Å². The largest absolute Gasteiger partial charge is 0.364 e. The minimum Gasteiger partial charge on any atom is -0.354 e. The van der Waals surface area contributed by atoms with Crippen molar-refractivity contribution in [2.75, 3.05) is 0 Å². The zero-order valence-electron chi connectivity index (χ0n) is 16.1. The van der Waals surface area contributed by atoms with E-state index in [0.29, 0.717) is 22.0 Å². The molecule has 8 heteroatoms.